The van der Waals surface area contributed by atoms with Crippen LogP contribution in [0.15, 0.2) is 35.3 Å². The van der Waals surface area contributed by atoms with Gasteiger partial charge in [-0.3, -0.25) is 4.99 Å². The molecule has 0 saturated heterocycles. The highest BCUT2D eigenvalue weighted by molar-refractivity contribution is 5.98. The van der Waals surface area contributed by atoms with Gasteiger partial charge in [-0.05, 0) is 17.9 Å². The van der Waals surface area contributed by atoms with E-state index in [4.69, 9.17) is 1.37 Å². The highest BCUT2D eigenvalue weighted by Crippen LogP contribution is 2.13. The minimum Gasteiger partial charge on any atom is -0.289 e. The van der Waals surface area contributed by atoms with Crippen molar-refractivity contribution in [3.05, 3.63) is 35.9 Å². The second-order valence-corrected chi connectivity index (χ2v) is 4.58. The maximum absolute atomic E-state index is 7.92. The summed E-state index contributed by atoms with van der Waals surface area (Å²) in [5.74, 6) is 0. The Morgan fingerprint density at radius 1 is 1.29 bits per heavy atom. The third-order valence-corrected chi connectivity index (χ3v) is 1.84. The fourth-order valence-corrected chi connectivity index (χ4v) is 1.04. The zero-order valence-corrected chi connectivity index (χ0v) is 9.41. The first-order valence-corrected chi connectivity index (χ1v) is 4.93. The lowest BCUT2D eigenvalue weighted by atomic mass is 9.97. The first kappa shape index (κ1) is 9.45. The molecular weight excluding hydrogens is 170 g/mol. The van der Waals surface area contributed by atoms with E-state index in [0.717, 1.165) is 11.3 Å². The van der Waals surface area contributed by atoms with E-state index >= 15 is 0 Å². The van der Waals surface area contributed by atoms with Crippen LogP contribution >= 0.6 is 0 Å². The van der Waals surface area contributed by atoms with Gasteiger partial charge in [0, 0.05) is 12.2 Å². The molecule has 0 fully saturated rings. The van der Waals surface area contributed by atoms with Gasteiger partial charge in [0.25, 0.3) is 0 Å². The Bertz CT molecular complexity index is 335. The van der Waals surface area contributed by atoms with E-state index in [2.05, 4.69) is 4.99 Å². The van der Waals surface area contributed by atoms with Crippen molar-refractivity contribution >= 4 is 5.71 Å². The van der Waals surface area contributed by atoms with Crippen molar-refractivity contribution in [3.63, 3.8) is 0 Å². The number of hydrogen-bond acceptors (Lipinski definition) is 1. The maximum atomic E-state index is 7.92. The summed E-state index contributed by atoms with van der Waals surface area (Å²) in [6.45, 7) is 7.66. The average molecular weight is 190 g/mol. The maximum Gasteiger partial charge on any atom is 0.0520 e. The van der Waals surface area contributed by atoms with Crippen molar-refractivity contribution in [1.82, 2.24) is 0 Å². The van der Waals surface area contributed by atoms with E-state index in [9.17, 15) is 0 Å². The summed E-state index contributed by atoms with van der Waals surface area (Å²) in [6, 6.07) is 10.0. The summed E-state index contributed by atoms with van der Waals surface area (Å²) >= 11 is 0. The number of rotatable bonds is 2. The van der Waals surface area contributed by atoms with E-state index in [1.807, 2.05) is 58.0 Å². The highest BCUT2D eigenvalue weighted by Gasteiger charge is 2.08. The molecule has 1 atom stereocenters. The highest BCUT2D eigenvalue weighted by atomic mass is 14.7. The lowest BCUT2D eigenvalue weighted by Gasteiger charge is -2.15. The van der Waals surface area contributed by atoms with E-state index in [0.29, 0.717) is 0 Å². The molecule has 0 spiro atoms. The molecule has 1 rings (SSSR count). The van der Waals surface area contributed by atoms with Gasteiger partial charge in [0.05, 0.1) is 1.37 Å². The second kappa shape index (κ2) is 4.41. The molecule has 0 radical (unpaired) electrons. The van der Waals surface area contributed by atoms with Gasteiger partial charge in [-0.2, -0.15) is 0 Å². The number of nitrogens with zero attached hydrogens (tertiary/aromatic N) is 1. The van der Waals surface area contributed by atoms with Gasteiger partial charge in [-0.15, -0.1) is 0 Å². The summed E-state index contributed by atoms with van der Waals surface area (Å²) in [5, 5.41) is 0. The van der Waals surface area contributed by atoms with Crippen molar-refractivity contribution in [2.24, 2.45) is 10.4 Å². The minimum atomic E-state index is -0.405. The van der Waals surface area contributed by atoms with Gasteiger partial charge in [0.15, 0.2) is 0 Å². The van der Waals surface area contributed by atoms with Crippen LogP contribution in [0.1, 0.15) is 34.6 Å². The Morgan fingerprint density at radius 2 is 1.86 bits per heavy atom. The Morgan fingerprint density at radius 3 is 2.36 bits per heavy atom. The molecule has 76 valence electrons. The molecule has 1 aromatic carbocycles. The number of hydrogen-bond donors (Lipinski definition) is 0. The quantitative estimate of drug-likeness (QED) is 0.632. The molecule has 1 nitrogen and oxygen atoms in total. The molecule has 0 aliphatic carbocycles. The predicted molar refractivity (Wildman–Crippen MR) is 63.0 cm³/mol. The van der Waals surface area contributed by atoms with Gasteiger partial charge in [-0.25, -0.2) is 0 Å². The van der Waals surface area contributed by atoms with Crippen molar-refractivity contribution in [1.29, 1.82) is 0 Å². The molecule has 0 bridgehead atoms. The van der Waals surface area contributed by atoms with Crippen LogP contribution in [-0.4, -0.2) is 12.2 Å². The zero-order valence-electron chi connectivity index (χ0n) is 10.4. The Balaban J connectivity index is 2.86. The molecule has 0 amide bonds. The first-order valence-electron chi connectivity index (χ1n) is 5.51. The molecule has 0 saturated carbocycles. The molecule has 1 aromatic rings. The van der Waals surface area contributed by atoms with Gasteiger partial charge in [0.1, 0.15) is 0 Å². The fraction of sp³-hybridized carbons (Fsp3) is 0.462. The second-order valence-electron chi connectivity index (χ2n) is 4.58. The smallest absolute Gasteiger partial charge is 0.0520 e. The van der Waals surface area contributed by atoms with Crippen molar-refractivity contribution in [2.75, 3.05) is 6.52 Å². The third kappa shape index (κ3) is 3.73. The summed E-state index contributed by atoms with van der Waals surface area (Å²) in [6.07, 6.45) is 0. The van der Waals surface area contributed by atoms with Crippen LogP contribution in [0, 0.1) is 5.41 Å². The number of aliphatic imine (C=N–C) groups is 1. The largest absolute Gasteiger partial charge is 0.289 e. The Kier molecular flexibility index (Phi) is 2.97. The van der Waals surface area contributed by atoms with Gasteiger partial charge >= 0.3 is 0 Å². The van der Waals surface area contributed by atoms with Crippen LogP contribution in [-0.2, 0) is 0 Å². The van der Waals surface area contributed by atoms with Crippen LogP contribution in [0.4, 0.5) is 0 Å². The molecule has 14 heavy (non-hydrogen) atoms. The van der Waals surface area contributed by atoms with Gasteiger partial charge < -0.3 is 0 Å². The van der Waals surface area contributed by atoms with E-state index in [1.165, 1.54) is 0 Å². The Labute approximate surface area is 88.3 Å². The molecule has 0 aliphatic rings. The van der Waals surface area contributed by atoms with Gasteiger partial charge in [-0.1, -0.05) is 51.1 Å². The molecule has 1 heteroatoms. The molecular formula is C13H19N. The molecule has 0 aromatic heterocycles. The van der Waals surface area contributed by atoms with Crippen LogP contribution in [0.3, 0.4) is 0 Å². The van der Waals surface area contributed by atoms with Crippen LogP contribution < -0.4 is 0 Å². The standard InChI is InChI=1S/C13H19N/c1-11(14-10-13(2,3)4)12-8-6-5-7-9-12/h5-9H,10H2,1-4H3/i10D/t10-/m1/s1. The topological polar surface area (TPSA) is 12.4 Å². The van der Waals surface area contributed by atoms with Crippen molar-refractivity contribution in [2.45, 2.75) is 27.7 Å². The van der Waals surface area contributed by atoms with Crippen LogP contribution in [0.5, 0.6) is 0 Å². The SMILES string of the molecule is [2H][C@@H](N=C(C)c1ccccc1)C(C)(C)C. The van der Waals surface area contributed by atoms with Gasteiger partial charge in [0.2, 0.25) is 0 Å². The summed E-state index contributed by atoms with van der Waals surface area (Å²) in [5.41, 5.74) is 1.93. The fourth-order valence-electron chi connectivity index (χ4n) is 1.04. The van der Waals surface area contributed by atoms with E-state index in [1.54, 1.807) is 0 Å². The van der Waals surface area contributed by atoms with Crippen molar-refractivity contribution < 1.29 is 1.37 Å². The summed E-state index contributed by atoms with van der Waals surface area (Å²) in [4.78, 5) is 4.40. The normalized spacial score (nSPS) is 16.3. The number of benzene rings is 1. The monoisotopic (exact) mass is 190 g/mol. The molecule has 0 aliphatic heterocycles. The Hall–Kier alpha value is -1.11. The minimum absolute atomic E-state index is 0.101. The first-order chi connectivity index (χ1) is 6.91. The van der Waals surface area contributed by atoms with Crippen LogP contribution in [0.2, 0.25) is 0 Å². The predicted octanol–water partition coefficient (Wildman–Crippen LogP) is 3.54. The third-order valence-electron chi connectivity index (χ3n) is 1.84. The summed E-state index contributed by atoms with van der Waals surface area (Å²) in [7, 11) is 0. The molecule has 0 heterocycles. The molecule has 0 unspecified atom stereocenters. The van der Waals surface area contributed by atoms with Crippen LogP contribution in [0.25, 0.3) is 0 Å². The summed E-state index contributed by atoms with van der Waals surface area (Å²) < 4.78 is 7.92. The lowest BCUT2D eigenvalue weighted by Crippen LogP contribution is -2.11. The van der Waals surface area contributed by atoms with E-state index in [-0.39, 0.29) is 5.41 Å². The van der Waals surface area contributed by atoms with Crippen molar-refractivity contribution in [3.8, 4) is 0 Å². The lowest BCUT2D eigenvalue weighted by molar-refractivity contribution is 0.429. The average Bonchev–Trinajstić information content (AvgIpc) is 2.17. The van der Waals surface area contributed by atoms with E-state index < -0.39 is 6.52 Å². The molecule has 0 N–H and O–H groups in total. The zero-order chi connectivity index (χ0) is 11.5.